The van der Waals surface area contributed by atoms with Crippen LogP contribution in [-0.4, -0.2) is 38.3 Å². The standard InChI is InChI=1S/C23H13N5O7S2/c29-19(24-12-4-6-13(7-5-12)27(32)33)11-36-23-25-16-9-8-14(10-18(16)37-23)26-21(30)15-2-1-3-17(28(34)35)20(15)22(26)31/h1-10H,11H2,(H,24,29). The Bertz CT molecular complexity index is 1630. The maximum absolute atomic E-state index is 13.0. The number of amides is 3. The number of thiazole rings is 1. The lowest BCUT2D eigenvalue weighted by atomic mass is 10.1. The Morgan fingerprint density at radius 2 is 1.76 bits per heavy atom. The summed E-state index contributed by atoms with van der Waals surface area (Å²) in [6.45, 7) is 0. The third-order valence-electron chi connectivity index (χ3n) is 5.39. The molecule has 0 saturated heterocycles. The van der Waals surface area contributed by atoms with Crippen LogP contribution in [-0.2, 0) is 4.79 Å². The molecule has 2 heterocycles. The van der Waals surface area contributed by atoms with E-state index in [4.69, 9.17) is 0 Å². The summed E-state index contributed by atoms with van der Waals surface area (Å²) in [6.07, 6.45) is 0. The predicted molar refractivity (Wildman–Crippen MR) is 136 cm³/mol. The van der Waals surface area contributed by atoms with Gasteiger partial charge in [-0.25, -0.2) is 9.88 Å². The van der Waals surface area contributed by atoms with Gasteiger partial charge < -0.3 is 5.32 Å². The van der Waals surface area contributed by atoms with Crippen LogP contribution in [0.4, 0.5) is 22.7 Å². The van der Waals surface area contributed by atoms with Crippen molar-refractivity contribution in [3.63, 3.8) is 0 Å². The first-order valence-corrected chi connectivity index (χ1v) is 12.3. The SMILES string of the molecule is O=C(CSc1nc2ccc(N3C(=O)c4cccc([N+](=O)[O-])c4C3=O)cc2s1)Nc1ccc([N+](=O)[O-])cc1. The third-order valence-corrected chi connectivity index (χ3v) is 7.55. The highest BCUT2D eigenvalue weighted by Gasteiger charge is 2.41. The van der Waals surface area contributed by atoms with Crippen molar-refractivity contribution >= 4 is 73.8 Å². The molecule has 0 spiro atoms. The Kier molecular flexibility index (Phi) is 6.11. The highest BCUT2D eigenvalue weighted by atomic mass is 32.2. The van der Waals surface area contributed by atoms with E-state index in [1.165, 1.54) is 71.6 Å². The number of nitrogens with one attached hydrogen (secondary N) is 1. The zero-order valence-corrected chi connectivity index (χ0v) is 20.1. The van der Waals surface area contributed by atoms with Gasteiger partial charge in [0.05, 0.1) is 37.1 Å². The van der Waals surface area contributed by atoms with Crippen LogP contribution in [0.5, 0.6) is 0 Å². The van der Waals surface area contributed by atoms with E-state index in [9.17, 15) is 34.6 Å². The fourth-order valence-electron chi connectivity index (χ4n) is 3.74. The van der Waals surface area contributed by atoms with Gasteiger partial charge in [0, 0.05) is 23.9 Å². The second-order valence-corrected chi connectivity index (χ2v) is 9.93. The molecule has 0 unspecified atom stereocenters. The Hall–Kier alpha value is -4.69. The molecule has 37 heavy (non-hydrogen) atoms. The van der Waals surface area contributed by atoms with Crippen LogP contribution in [0.15, 0.2) is 65.0 Å². The predicted octanol–water partition coefficient (Wildman–Crippen LogP) is 4.64. The number of nitrogens with zero attached hydrogens (tertiary/aromatic N) is 4. The van der Waals surface area contributed by atoms with E-state index in [0.717, 1.165) is 4.90 Å². The second-order valence-electron chi connectivity index (χ2n) is 7.68. The maximum atomic E-state index is 13.0. The second kappa shape index (κ2) is 9.40. The van der Waals surface area contributed by atoms with Gasteiger partial charge in [-0.15, -0.1) is 11.3 Å². The Morgan fingerprint density at radius 3 is 2.46 bits per heavy atom. The summed E-state index contributed by atoms with van der Waals surface area (Å²) in [6, 6.07) is 14.1. The summed E-state index contributed by atoms with van der Waals surface area (Å²) in [5.74, 6) is -1.71. The molecule has 0 aliphatic carbocycles. The van der Waals surface area contributed by atoms with Crippen LogP contribution in [0.3, 0.4) is 0 Å². The van der Waals surface area contributed by atoms with Gasteiger partial charge in [-0.1, -0.05) is 17.8 Å². The van der Waals surface area contributed by atoms with E-state index in [2.05, 4.69) is 10.3 Å². The van der Waals surface area contributed by atoms with Gasteiger partial charge in [-0.2, -0.15) is 0 Å². The number of thioether (sulfide) groups is 1. The van der Waals surface area contributed by atoms with Gasteiger partial charge >= 0.3 is 0 Å². The number of rotatable bonds is 7. The van der Waals surface area contributed by atoms with Gasteiger partial charge in [-0.3, -0.25) is 34.6 Å². The quantitative estimate of drug-likeness (QED) is 0.153. The molecular formula is C23H13N5O7S2. The molecular weight excluding hydrogens is 522 g/mol. The molecule has 1 aliphatic rings. The van der Waals surface area contributed by atoms with Gasteiger partial charge in [0.15, 0.2) is 4.34 Å². The van der Waals surface area contributed by atoms with Gasteiger partial charge in [-0.05, 0) is 36.4 Å². The van der Waals surface area contributed by atoms with Crippen molar-refractivity contribution in [1.82, 2.24) is 4.98 Å². The first-order chi connectivity index (χ1) is 17.7. The monoisotopic (exact) mass is 535 g/mol. The van der Waals surface area contributed by atoms with E-state index in [1.807, 2.05) is 0 Å². The summed E-state index contributed by atoms with van der Waals surface area (Å²) in [4.78, 5) is 64.4. The minimum atomic E-state index is -0.770. The number of aromatic nitrogens is 1. The number of nitro benzene ring substituents is 2. The molecule has 1 aliphatic heterocycles. The van der Waals surface area contributed by atoms with Crippen LogP contribution in [0.25, 0.3) is 10.2 Å². The Balaban J connectivity index is 1.30. The largest absolute Gasteiger partial charge is 0.325 e. The van der Waals surface area contributed by atoms with Crippen molar-refractivity contribution in [2.45, 2.75) is 4.34 Å². The molecule has 3 amide bonds. The maximum Gasteiger partial charge on any atom is 0.283 e. The number of non-ortho nitro benzene ring substituents is 1. The lowest BCUT2D eigenvalue weighted by Gasteiger charge is -2.13. The number of hydrogen-bond donors (Lipinski definition) is 1. The molecule has 14 heteroatoms. The minimum Gasteiger partial charge on any atom is -0.325 e. The molecule has 5 rings (SSSR count). The molecule has 3 aromatic carbocycles. The average Bonchev–Trinajstić information content (AvgIpc) is 3.40. The number of imide groups is 1. The number of carbonyl (C=O) groups excluding carboxylic acids is 3. The van der Waals surface area contributed by atoms with Gasteiger partial charge in [0.25, 0.3) is 23.2 Å². The summed E-state index contributed by atoms with van der Waals surface area (Å²) < 4.78 is 1.23. The van der Waals surface area contributed by atoms with Crippen molar-refractivity contribution in [3.8, 4) is 0 Å². The summed E-state index contributed by atoms with van der Waals surface area (Å²) >= 11 is 2.44. The summed E-state index contributed by atoms with van der Waals surface area (Å²) in [5, 5.41) is 24.7. The molecule has 0 bridgehead atoms. The van der Waals surface area contributed by atoms with E-state index < -0.39 is 27.3 Å². The summed E-state index contributed by atoms with van der Waals surface area (Å²) in [5.41, 5.74) is 0.490. The lowest BCUT2D eigenvalue weighted by molar-refractivity contribution is -0.385. The van der Waals surface area contributed by atoms with E-state index in [0.29, 0.717) is 20.2 Å². The van der Waals surface area contributed by atoms with Crippen LogP contribution >= 0.6 is 23.1 Å². The van der Waals surface area contributed by atoms with Crippen molar-refractivity contribution < 1.29 is 24.2 Å². The molecule has 1 N–H and O–H groups in total. The zero-order valence-electron chi connectivity index (χ0n) is 18.4. The first-order valence-electron chi connectivity index (χ1n) is 10.5. The lowest BCUT2D eigenvalue weighted by Crippen LogP contribution is -2.29. The van der Waals surface area contributed by atoms with E-state index in [1.54, 1.807) is 12.1 Å². The molecule has 0 atom stereocenters. The third kappa shape index (κ3) is 4.50. The number of nitro groups is 2. The highest BCUT2D eigenvalue weighted by molar-refractivity contribution is 8.01. The molecule has 12 nitrogen and oxygen atoms in total. The number of fused-ring (bicyclic) bond motifs is 2. The number of hydrogen-bond acceptors (Lipinski definition) is 10. The molecule has 0 saturated carbocycles. The normalized spacial score (nSPS) is 12.6. The topological polar surface area (TPSA) is 166 Å². The smallest absolute Gasteiger partial charge is 0.283 e. The molecule has 1 aromatic heterocycles. The number of carbonyl (C=O) groups is 3. The molecule has 4 aromatic rings. The zero-order chi connectivity index (χ0) is 26.3. The molecule has 184 valence electrons. The van der Waals surface area contributed by atoms with Crippen LogP contribution in [0.1, 0.15) is 20.7 Å². The highest BCUT2D eigenvalue weighted by Crippen LogP contribution is 2.37. The van der Waals surface area contributed by atoms with E-state index in [-0.39, 0.29) is 34.2 Å². The van der Waals surface area contributed by atoms with Crippen molar-refractivity contribution in [3.05, 3.63) is 92.0 Å². The first kappa shape index (κ1) is 24.0. The number of benzene rings is 3. The Labute approximate surface area is 215 Å². The fraction of sp³-hybridized carbons (Fsp3) is 0.0435. The van der Waals surface area contributed by atoms with Crippen molar-refractivity contribution in [1.29, 1.82) is 0 Å². The van der Waals surface area contributed by atoms with Crippen LogP contribution in [0, 0.1) is 20.2 Å². The molecule has 0 fully saturated rings. The fourth-order valence-corrected chi connectivity index (χ4v) is 5.64. The van der Waals surface area contributed by atoms with Crippen LogP contribution < -0.4 is 10.2 Å². The Morgan fingerprint density at radius 1 is 1.00 bits per heavy atom. The average molecular weight is 536 g/mol. The van der Waals surface area contributed by atoms with Crippen LogP contribution in [0.2, 0.25) is 0 Å². The van der Waals surface area contributed by atoms with Gasteiger partial charge in [0.1, 0.15) is 5.56 Å². The van der Waals surface area contributed by atoms with Gasteiger partial charge in [0.2, 0.25) is 5.91 Å². The van der Waals surface area contributed by atoms with Crippen molar-refractivity contribution in [2.75, 3.05) is 16.0 Å². The molecule has 0 radical (unpaired) electrons. The van der Waals surface area contributed by atoms with E-state index >= 15 is 0 Å². The van der Waals surface area contributed by atoms with Crippen molar-refractivity contribution in [2.24, 2.45) is 0 Å². The number of anilines is 2. The summed E-state index contributed by atoms with van der Waals surface area (Å²) in [7, 11) is 0. The minimum absolute atomic E-state index is 0.0288.